The third-order valence-electron chi connectivity index (χ3n) is 1.01. The average Bonchev–Trinajstić information content (AvgIpc) is 1.89. The lowest BCUT2D eigenvalue weighted by Gasteiger charge is -1.86. The van der Waals surface area contributed by atoms with Gasteiger partial charge >= 0.3 is 8.03 Å². The van der Waals surface area contributed by atoms with Crippen molar-refractivity contribution in [3.63, 3.8) is 0 Å². The second kappa shape index (κ2) is 6.91. The Morgan fingerprint density at radius 2 is 2.40 bits per heavy atom. The van der Waals surface area contributed by atoms with Gasteiger partial charge in [-0.3, -0.25) is 0 Å². The van der Waals surface area contributed by atoms with E-state index in [4.69, 9.17) is 4.52 Å². The molecule has 0 saturated carbocycles. The van der Waals surface area contributed by atoms with Gasteiger partial charge in [-0.25, -0.2) is 0 Å². The maximum Gasteiger partial charge on any atom is 0.512 e. The molecule has 0 aliphatic rings. The first kappa shape index (κ1) is 9.80. The van der Waals surface area contributed by atoms with Crippen molar-refractivity contribution >= 4 is 8.03 Å². The fraction of sp³-hybridized carbons (Fsp3) is 0.714. The lowest BCUT2D eigenvalue weighted by molar-refractivity contribution is 0.322. The van der Waals surface area contributed by atoms with Gasteiger partial charge in [0.05, 0.1) is 0 Å². The SMILES string of the molecule is C=CC[P+](=O)OCCCC. The van der Waals surface area contributed by atoms with Gasteiger partial charge in [-0.15, -0.1) is 4.52 Å². The topological polar surface area (TPSA) is 26.3 Å². The van der Waals surface area contributed by atoms with Gasteiger partial charge in [-0.05, 0) is 17.1 Å². The summed E-state index contributed by atoms with van der Waals surface area (Å²) in [4.78, 5) is 0. The standard InChI is InChI=1S/C7H14O2P/c1-3-5-6-9-10(8)7-4-2/h4H,2-3,5-7H2,1H3/q+1. The highest BCUT2D eigenvalue weighted by Crippen LogP contribution is 2.21. The fourth-order valence-corrected chi connectivity index (χ4v) is 1.12. The van der Waals surface area contributed by atoms with Gasteiger partial charge in [-0.1, -0.05) is 19.9 Å². The van der Waals surface area contributed by atoms with E-state index in [0.29, 0.717) is 12.8 Å². The molecule has 0 spiro atoms. The summed E-state index contributed by atoms with van der Waals surface area (Å²) in [7, 11) is -1.46. The molecule has 0 fully saturated rings. The first-order valence-electron chi connectivity index (χ1n) is 3.49. The van der Waals surface area contributed by atoms with Gasteiger partial charge in [0.1, 0.15) is 6.61 Å². The zero-order valence-electron chi connectivity index (χ0n) is 6.38. The van der Waals surface area contributed by atoms with Crippen LogP contribution in [0, 0.1) is 0 Å². The maximum atomic E-state index is 10.8. The highest BCUT2D eigenvalue weighted by molar-refractivity contribution is 7.39. The van der Waals surface area contributed by atoms with Crippen LogP contribution in [-0.4, -0.2) is 12.8 Å². The van der Waals surface area contributed by atoms with Crippen LogP contribution in [0.4, 0.5) is 0 Å². The fourth-order valence-electron chi connectivity index (χ4n) is 0.469. The summed E-state index contributed by atoms with van der Waals surface area (Å²) >= 11 is 0. The Morgan fingerprint density at radius 3 is 2.90 bits per heavy atom. The van der Waals surface area contributed by atoms with Gasteiger partial charge in [0.25, 0.3) is 0 Å². The summed E-state index contributed by atoms with van der Waals surface area (Å²) in [5, 5.41) is 0. The highest BCUT2D eigenvalue weighted by Gasteiger charge is 2.12. The lowest BCUT2D eigenvalue weighted by Crippen LogP contribution is -1.85. The summed E-state index contributed by atoms with van der Waals surface area (Å²) < 4.78 is 15.7. The Hall–Kier alpha value is -0.200. The van der Waals surface area contributed by atoms with Crippen LogP contribution in [-0.2, 0) is 9.09 Å². The van der Waals surface area contributed by atoms with Crippen LogP contribution in [0.2, 0.25) is 0 Å². The third-order valence-corrected chi connectivity index (χ3v) is 2.04. The molecule has 0 aliphatic heterocycles. The molecule has 0 saturated heterocycles. The Balaban J connectivity index is 3.13. The monoisotopic (exact) mass is 161 g/mol. The molecule has 0 aliphatic carbocycles. The summed E-state index contributed by atoms with van der Waals surface area (Å²) in [6.07, 6.45) is 4.15. The predicted molar refractivity (Wildman–Crippen MR) is 43.5 cm³/mol. The minimum absolute atomic E-state index is 0.471. The molecule has 0 aromatic heterocycles. The molecule has 10 heavy (non-hydrogen) atoms. The van der Waals surface area contributed by atoms with E-state index in [1.165, 1.54) is 0 Å². The molecule has 2 nitrogen and oxygen atoms in total. The number of hydrogen-bond acceptors (Lipinski definition) is 2. The summed E-state index contributed by atoms with van der Waals surface area (Å²) in [5.74, 6) is 0. The Labute approximate surface area is 63.1 Å². The molecule has 0 heterocycles. The van der Waals surface area contributed by atoms with E-state index in [-0.39, 0.29) is 0 Å². The molecule has 0 aromatic rings. The van der Waals surface area contributed by atoms with Crippen molar-refractivity contribution in [2.75, 3.05) is 12.8 Å². The number of rotatable bonds is 6. The quantitative estimate of drug-likeness (QED) is 0.340. The molecular weight excluding hydrogens is 147 g/mol. The number of allylic oxidation sites excluding steroid dienone is 1. The summed E-state index contributed by atoms with van der Waals surface area (Å²) in [5.41, 5.74) is 0. The average molecular weight is 161 g/mol. The summed E-state index contributed by atoms with van der Waals surface area (Å²) in [6.45, 7) is 6.15. The van der Waals surface area contributed by atoms with Crippen molar-refractivity contribution < 1.29 is 9.09 Å². The first-order chi connectivity index (χ1) is 4.81. The highest BCUT2D eigenvalue weighted by atomic mass is 31.1. The van der Waals surface area contributed by atoms with Gasteiger partial charge in [0.15, 0.2) is 6.16 Å². The van der Waals surface area contributed by atoms with Crippen molar-refractivity contribution in [2.45, 2.75) is 19.8 Å². The molecule has 0 amide bonds. The van der Waals surface area contributed by atoms with Gasteiger partial charge in [0.2, 0.25) is 0 Å². The van der Waals surface area contributed by atoms with Crippen molar-refractivity contribution in [3.8, 4) is 0 Å². The lowest BCUT2D eigenvalue weighted by atomic mass is 10.4. The van der Waals surface area contributed by atoms with Crippen LogP contribution < -0.4 is 0 Å². The molecular formula is C7H14O2P+. The molecule has 0 N–H and O–H groups in total. The van der Waals surface area contributed by atoms with Crippen LogP contribution in [0.1, 0.15) is 19.8 Å². The molecule has 0 bridgehead atoms. The Bertz CT molecular complexity index is 112. The van der Waals surface area contributed by atoms with Crippen molar-refractivity contribution in [1.82, 2.24) is 0 Å². The second-order valence-electron chi connectivity index (χ2n) is 1.99. The number of hydrogen-bond donors (Lipinski definition) is 0. The molecule has 3 heteroatoms. The van der Waals surface area contributed by atoms with Gasteiger partial charge in [0, 0.05) is 0 Å². The maximum absolute atomic E-state index is 10.8. The predicted octanol–water partition coefficient (Wildman–Crippen LogP) is 2.73. The van der Waals surface area contributed by atoms with Crippen LogP contribution in [0.25, 0.3) is 0 Å². The van der Waals surface area contributed by atoms with E-state index < -0.39 is 8.03 Å². The van der Waals surface area contributed by atoms with Crippen molar-refractivity contribution in [1.29, 1.82) is 0 Å². The van der Waals surface area contributed by atoms with Gasteiger partial charge in [-0.2, -0.15) is 0 Å². The molecule has 1 unspecified atom stereocenters. The van der Waals surface area contributed by atoms with Crippen LogP contribution in [0.5, 0.6) is 0 Å². The van der Waals surface area contributed by atoms with Crippen LogP contribution in [0.3, 0.4) is 0 Å². The zero-order valence-corrected chi connectivity index (χ0v) is 7.27. The minimum Gasteiger partial charge on any atom is -0.146 e. The van der Waals surface area contributed by atoms with Crippen molar-refractivity contribution in [2.24, 2.45) is 0 Å². The summed E-state index contributed by atoms with van der Waals surface area (Å²) in [6, 6.07) is 0. The van der Waals surface area contributed by atoms with E-state index in [1.807, 2.05) is 0 Å². The normalized spacial score (nSPS) is 11.1. The second-order valence-corrected chi connectivity index (χ2v) is 3.28. The minimum atomic E-state index is -1.46. The van der Waals surface area contributed by atoms with E-state index in [9.17, 15) is 4.57 Å². The zero-order chi connectivity index (χ0) is 7.82. The van der Waals surface area contributed by atoms with Crippen LogP contribution in [0.15, 0.2) is 12.7 Å². The molecule has 0 radical (unpaired) electrons. The smallest absolute Gasteiger partial charge is 0.146 e. The van der Waals surface area contributed by atoms with Crippen molar-refractivity contribution in [3.05, 3.63) is 12.7 Å². The Morgan fingerprint density at radius 1 is 1.70 bits per heavy atom. The molecule has 0 aromatic carbocycles. The third kappa shape index (κ3) is 5.93. The largest absolute Gasteiger partial charge is 0.512 e. The number of unbranched alkanes of at least 4 members (excludes halogenated alkanes) is 1. The van der Waals surface area contributed by atoms with E-state index in [0.717, 1.165) is 12.8 Å². The van der Waals surface area contributed by atoms with Gasteiger partial charge < -0.3 is 0 Å². The molecule has 1 atom stereocenters. The molecule has 0 rings (SSSR count). The van der Waals surface area contributed by atoms with Crippen LogP contribution >= 0.6 is 8.03 Å². The van der Waals surface area contributed by atoms with E-state index >= 15 is 0 Å². The molecule has 58 valence electrons. The van der Waals surface area contributed by atoms with E-state index in [1.54, 1.807) is 6.08 Å². The van der Waals surface area contributed by atoms with E-state index in [2.05, 4.69) is 13.5 Å². The first-order valence-corrected chi connectivity index (χ1v) is 4.86. The Kier molecular flexibility index (Phi) is 6.78.